The Morgan fingerprint density at radius 2 is 2.18 bits per heavy atom. The van der Waals surface area contributed by atoms with Crippen molar-refractivity contribution < 1.29 is 4.39 Å². The highest BCUT2D eigenvalue weighted by Crippen LogP contribution is 2.22. The van der Waals surface area contributed by atoms with Crippen LogP contribution in [0.1, 0.15) is 18.9 Å². The van der Waals surface area contributed by atoms with E-state index >= 15 is 0 Å². The molecule has 0 heterocycles. The van der Waals surface area contributed by atoms with Crippen LogP contribution in [0.5, 0.6) is 0 Å². The van der Waals surface area contributed by atoms with E-state index in [1.807, 2.05) is 17.8 Å². The third-order valence-electron chi connectivity index (χ3n) is 2.94. The minimum Gasteiger partial charge on any atom is -0.299 e. The van der Waals surface area contributed by atoms with Gasteiger partial charge in [0.2, 0.25) is 0 Å². The molecular formula is C13H19BrFNS. The highest BCUT2D eigenvalue weighted by molar-refractivity contribution is 9.10. The Labute approximate surface area is 116 Å². The summed E-state index contributed by atoms with van der Waals surface area (Å²) in [6.07, 6.45) is 3.28. The van der Waals surface area contributed by atoms with Crippen molar-refractivity contribution in [2.45, 2.75) is 25.9 Å². The van der Waals surface area contributed by atoms with Crippen LogP contribution in [0.2, 0.25) is 0 Å². The summed E-state index contributed by atoms with van der Waals surface area (Å²) >= 11 is 5.17. The van der Waals surface area contributed by atoms with E-state index in [-0.39, 0.29) is 5.82 Å². The van der Waals surface area contributed by atoms with Crippen LogP contribution in [0.15, 0.2) is 22.7 Å². The van der Waals surface area contributed by atoms with E-state index in [4.69, 9.17) is 0 Å². The van der Waals surface area contributed by atoms with Crippen molar-refractivity contribution in [3.8, 4) is 0 Å². The second-order valence-corrected chi connectivity index (χ2v) is 6.04. The predicted octanol–water partition coefficient (Wildman–Crippen LogP) is 4.16. The van der Waals surface area contributed by atoms with Gasteiger partial charge in [-0.05, 0) is 60.0 Å². The van der Waals surface area contributed by atoms with Gasteiger partial charge in [0.15, 0.2) is 0 Å². The third kappa shape index (κ3) is 4.60. The molecule has 96 valence electrons. The average molecular weight is 320 g/mol. The molecule has 1 rings (SSSR count). The Kier molecular flexibility index (Phi) is 6.52. The van der Waals surface area contributed by atoms with Gasteiger partial charge in [-0.1, -0.05) is 12.1 Å². The summed E-state index contributed by atoms with van der Waals surface area (Å²) in [7, 11) is 2.09. The summed E-state index contributed by atoms with van der Waals surface area (Å²) in [5.41, 5.74) is 1.00. The average Bonchev–Trinajstić information content (AvgIpc) is 2.31. The summed E-state index contributed by atoms with van der Waals surface area (Å²) in [5, 5.41) is 0. The van der Waals surface area contributed by atoms with Gasteiger partial charge in [0.1, 0.15) is 5.82 Å². The number of hydrogen-bond donors (Lipinski definition) is 0. The van der Waals surface area contributed by atoms with Gasteiger partial charge in [0.05, 0.1) is 4.47 Å². The fourth-order valence-electron chi connectivity index (χ4n) is 1.60. The molecule has 1 unspecified atom stereocenters. The third-order valence-corrected chi connectivity index (χ3v) is 4.48. The first kappa shape index (κ1) is 15.0. The highest BCUT2D eigenvalue weighted by Gasteiger charge is 2.12. The summed E-state index contributed by atoms with van der Waals surface area (Å²) < 4.78 is 14.0. The van der Waals surface area contributed by atoms with Crippen molar-refractivity contribution >= 4 is 27.7 Å². The zero-order chi connectivity index (χ0) is 12.8. The van der Waals surface area contributed by atoms with E-state index < -0.39 is 0 Å². The predicted molar refractivity (Wildman–Crippen MR) is 78.0 cm³/mol. The number of nitrogens with zero attached hydrogens (tertiary/aromatic N) is 1. The molecule has 4 heteroatoms. The van der Waals surface area contributed by atoms with Gasteiger partial charge in [0, 0.05) is 12.6 Å². The molecule has 1 atom stereocenters. The van der Waals surface area contributed by atoms with Crippen molar-refractivity contribution in [2.75, 3.05) is 19.1 Å². The van der Waals surface area contributed by atoms with Gasteiger partial charge in [-0.2, -0.15) is 11.8 Å². The van der Waals surface area contributed by atoms with E-state index in [1.54, 1.807) is 6.07 Å². The first-order chi connectivity index (χ1) is 8.06. The molecule has 0 saturated heterocycles. The lowest BCUT2D eigenvalue weighted by Gasteiger charge is -2.25. The quantitative estimate of drug-likeness (QED) is 0.774. The number of benzene rings is 1. The molecule has 0 radical (unpaired) electrons. The SMILES string of the molecule is CSCCC(C)N(C)Cc1cccc(F)c1Br. The Morgan fingerprint density at radius 1 is 1.47 bits per heavy atom. The maximum Gasteiger partial charge on any atom is 0.137 e. The van der Waals surface area contributed by atoms with Crippen LogP contribution in [-0.4, -0.2) is 30.0 Å². The Hall–Kier alpha value is -0.0600. The van der Waals surface area contributed by atoms with Gasteiger partial charge in [-0.15, -0.1) is 0 Å². The maximum atomic E-state index is 13.4. The highest BCUT2D eigenvalue weighted by atomic mass is 79.9. The lowest BCUT2D eigenvalue weighted by Crippen LogP contribution is -2.29. The Bertz CT molecular complexity index is 359. The molecule has 1 nitrogen and oxygen atoms in total. The normalized spacial score (nSPS) is 13.1. The van der Waals surface area contributed by atoms with Gasteiger partial charge >= 0.3 is 0 Å². The molecule has 0 aliphatic heterocycles. The zero-order valence-electron chi connectivity index (χ0n) is 10.5. The topological polar surface area (TPSA) is 3.24 Å². The lowest BCUT2D eigenvalue weighted by molar-refractivity contribution is 0.244. The number of rotatable bonds is 6. The summed E-state index contributed by atoms with van der Waals surface area (Å²) in [6, 6.07) is 5.71. The monoisotopic (exact) mass is 319 g/mol. The fourth-order valence-corrected chi connectivity index (χ4v) is 2.57. The van der Waals surface area contributed by atoms with Gasteiger partial charge in [0.25, 0.3) is 0 Å². The number of thioether (sulfide) groups is 1. The van der Waals surface area contributed by atoms with Crippen LogP contribution in [-0.2, 0) is 6.54 Å². The summed E-state index contributed by atoms with van der Waals surface area (Å²) in [4.78, 5) is 2.26. The van der Waals surface area contributed by atoms with Gasteiger partial charge in [-0.3, -0.25) is 4.90 Å². The van der Waals surface area contributed by atoms with Gasteiger partial charge < -0.3 is 0 Å². The smallest absolute Gasteiger partial charge is 0.137 e. The molecule has 0 aliphatic carbocycles. The molecule has 0 amide bonds. The van der Waals surface area contributed by atoms with Crippen LogP contribution >= 0.6 is 27.7 Å². The van der Waals surface area contributed by atoms with Crippen LogP contribution in [0.4, 0.5) is 4.39 Å². The zero-order valence-corrected chi connectivity index (χ0v) is 12.9. The van der Waals surface area contributed by atoms with Crippen LogP contribution in [0.25, 0.3) is 0 Å². The number of hydrogen-bond acceptors (Lipinski definition) is 2. The van der Waals surface area contributed by atoms with Crippen molar-refractivity contribution in [1.29, 1.82) is 0 Å². The van der Waals surface area contributed by atoms with E-state index in [2.05, 4.69) is 41.1 Å². The van der Waals surface area contributed by atoms with Gasteiger partial charge in [-0.25, -0.2) is 4.39 Å². The molecule has 1 aromatic carbocycles. The van der Waals surface area contributed by atoms with E-state index in [1.165, 1.54) is 6.07 Å². The molecule has 1 aromatic rings. The van der Waals surface area contributed by atoms with Crippen molar-refractivity contribution in [3.63, 3.8) is 0 Å². The standard InChI is InChI=1S/C13H19BrFNS/c1-10(7-8-17-3)16(2)9-11-5-4-6-12(15)13(11)14/h4-6,10H,7-9H2,1-3H3. The van der Waals surface area contributed by atoms with Crippen LogP contribution < -0.4 is 0 Å². The molecule has 0 fully saturated rings. The first-order valence-electron chi connectivity index (χ1n) is 5.68. The summed E-state index contributed by atoms with van der Waals surface area (Å²) in [6.45, 7) is 2.98. The molecule has 0 saturated carbocycles. The molecule has 17 heavy (non-hydrogen) atoms. The fraction of sp³-hybridized carbons (Fsp3) is 0.538. The van der Waals surface area contributed by atoms with Crippen LogP contribution in [0.3, 0.4) is 0 Å². The largest absolute Gasteiger partial charge is 0.299 e. The maximum absolute atomic E-state index is 13.4. The van der Waals surface area contributed by atoms with E-state index in [9.17, 15) is 4.39 Å². The summed E-state index contributed by atoms with van der Waals surface area (Å²) in [5.74, 6) is 0.975. The molecule has 0 aliphatic rings. The minimum atomic E-state index is -0.187. The second-order valence-electron chi connectivity index (χ2n) is 4.26. The number of halogens is 2. The van der Waals surface area contributed by atoms with Crippen molar-refractivity contribution in [1.82, 2.24) is 4.90 Å². The lowest BCUT2D eigenvalue weighted by atomic mass is 10.1. The van der Waals surface area contributed by atoms with Crippen LogP contribution in [0, 0.1) is 5.82 Å². The van der Waals surface area contributed by atoms with E-state index in [0.717, 1.165) is 24.3 Å². The Balaban J connectivity index is 2.61. The van der Waals surface area contributed by atoms with E-state index in [0.29, 0.717) is 10.5 Å². The molecule has 0 N–H and O–H groups in total. The Morgan fingerprint density at radius 3 is 2.82 bits per heavy atom. The van der Waals surface area contributed by atoms with Crippen molar-refractivity contribution in [2.24, 2.45) is 0 Å². The second kappa shape index (κ2) is 7.39. The molecule has 0 aromatic heterocycles. The molecular weight excluding hydrogens is 301 g/mol. The molecule has 0 bridgehead atoms. The minimum absolute atomic E-state index is 0.187. The molecule has 0 spiro atoms. The first-order valence-corrected chi connectivity index (χ1v) is 7.87. The van der Waals surface area contributed by atoms with Crippen molar-refractivity contribution in [3.05, 3.63) is 34.1 Å².